The normalized spacial score (nSPS) is 22.3. The van der Waals surface area contributed by atoms with Crippen LogP contribution in [0, 0.1) is 5.82 Å². The van der Waals surface area contributed by atoms with Crippen molar-refractivity contribution in [2.45, 2.75) is 38.0 Å². The van der Waals surface area contributed by atoms with E-state index in [2.05, 4.69) is 5.32 Å². The topological polar surface area (TPSA) is 86.7 Å². The zero-order valence-corrected chi connectivity index (χ0v) is 19.6. The van der Waals surface area contributed by atoms with E-state index in [0.717, 1.165) is 17.2 Å². The summed E-state index contributed by atoms with van der Waals surface area (Å²) in [5.41, 5.74) is 0.207. The average Bonchev–Trinajstić information content (AvgIpc) is 3.01. The monoisotopic (exact) mass is 480 g/mol. The molecule has 32 heavy (non-hydrogen) atoms. The first-order chi connectivity index (χ1) is 14.9. The van der Waals surface area contributed by atoms with Crippen molar-refractivity contribution < 1.29 is 22.7 Å². The number of hydrogen-bond acceptors (Lipinski definition) is 5. The molecule has 0 spiro atoms. The van der Waals surface area contributed by atoms with Crippen LogP contribution >= 0.6 is 11.6 Å². The number of anilines is 1. The number of sulfone groups is 1. The van der Waals surface area contributed by atoms with Gasteiger partial charge in [0.15, 0.2) is 9.84 Å². The number of nitrogens with one attached hydrogen (secondary N) is 1. The van der Waals surface area contributed by atoms with Gasteiger partial charge in [0.1, 0.15) is 5.82 Å². The largest absolute Gasteiger partial charge is 0.388 e. The lowest BCUT2D eigenvalue weighted by Crippen LogP contribution is -2.32. The number of β-amino-alcohol motifs (C(OH)–C–C–N with tert-alkyl or cyclic N) is 1. The second-order valence-electron chi connectivity index (χ2n) is 8.45. The van der Waals surface area contributed by atoms with Crippen LogP contribution in [0.5, 0.6) is 0 Å². The summed E-state index contributed by atoms with van der Waals surface area (Å²) in [5, 5.41) is 14.8. The van der Waals surface area contributed by atoms with Gasteiger partial charge in [0.2, 0.25) is 0 Å². The van der Waals surface area contributed by atoms with Crippen LogP contribution in [0.2, 0.25) is 5.02 Å². The van der Waals surface area contributed by atoms with Crippen LogP contribution in [0.25, 0.3) is 0 Å². The lowest BCUT2D eigenvalue weighted by Gasteiger charge is -2.28. The van der Waals surface area contributed by atoms with Gasteiger partial charge in [-0.2, -0.15) is 0 Å². The molecule has 1 amide bonds. The van der Waals surface area contributed by atoms with Gasteiger partial charge in [-0.3, -0.25) is 4.79 Å². The van der Waals surface area contributed by atoms with Crippen LogP contribution in [0.15, 0.2) is 53.9 Å². The number of carbonyl (C=O) groups is 1. The predicted molar refractivity (Wildman–Crippen MR) is 124 cm³/mol. The maximum absolute atomic E-state index is 14.9. The summed E-state index contributed by atoms with van der Waals surface area (Å²) in [4.78, 5) is 14.3. The number of aliphatic hydroxyl groups is 1. The Morgan fingerprint density at radius 1 is 1.34 bits per heavy atom. The summed E-state index contributed by atoms with van der Waals surface area (Å²) in [6.07, 6.45) is 2.78. The van der Waals surface area contributed by atoms with E-state index in [0.29, 0.717) is 17.1 Å². The molecular formula is C23H26ClFN2O4S. The van der Waals surface area contributed by atoms with Crippen LogP contribution in [0.3, 0.4) is 0 Å². The zero-order valence-electron chi connectivity index (χ0n) is 18.0. The van der Waals surface area contributed by atoms with Crippen molar-refractivity contribution in [1.29, 1.82) is 0 Å². The lowest BCUT2D eigenvalue weighted by molar-refractivity contribution is 0.0803. The second-order valence-corrected chi connectivity index (χ2v) is 10.8. The van der Waals surface area contributed by atoms with Gasteiger partial charge in [-0.05, 0) is 43.7 Å². The fraction of sp³-hybridized carbons (Fsp3) is 0.348. The fourth-order valence-corrected chi connectivity index (χ4v) is 4.61. The molecule has 0 saturated carbocycles. The maximum Gasteiger partial charge on any atom is 0.254 e. The van der Waals surface area contributed by atoms with Crippen molar-refractivity contribution in [3.05, 3.63) is 75.9 Å². The van der Waals surface area contributed by atoms with Crippen molar-refractivity contribution in [2.75, 3.05) is 17.7 Å². The molecule has 1 aliphatic heterocycles. The SMILES string of the molecule is C[C@H](/C=C/S(C)(=O)=O)NC(=O)c1ccc(N2CC(C)(O)CC2c2ccccc2Cl)cc1F. The predicted octanol–water partition coefficient (Wildman–Crippen LogP) is 3.86. The molecule has 0 aromatic heterocycles. The van der Waals surface area contributed by atoms with Crippen LogP contribution in [-0.4, -0.2) is 43.9 Å². The minimum atomic E-state index is -3.33. The van der Waals surface area contributed by atoms with E-state index in [1.807, 2.05) is 23.1 Å². The van der Waals surface area contributed by atoms with Crippen LogP contribution < -0.4 is 10.2 Å². The first kappa shape index (κ1) is 24.2. The summed E-state index contributed by atoms with van der Waals surface area (Å²) >= 11 is 6.37. The first-order valence-electron chi connectivity index (χ1n) is 10.1. The average molecular weight is 481 g/mol. The van der Waals surface area contributed by atoms with Crippen LogP contribution in [0.4, 0.5) is 10.1 Å². The van der Waals surface area contributed by atoms with Gasteiger partial charge in [0, 0.05) is 41.4 Å². The van der Waals surface area contributed by atoms with Crippen molar-refractivity contribution in [2.24, 2.45) is 0 Å². The van der Waals surface area contributed by atoms with Gasteiger partial charge in [0.25, 0.3) is 5.91 Å². The van der Waals surface area contributed by atoms with Crippen molar-refractivity contribution >= 4 is 33.0 Å². The van der Waals surface area contributed by atoms with Crippen molar-refractivity contribution in [1.82, 2.24) is 5.32 Å². The Kier molecular flexibility index (Phi) is 6.97. The van der Waals surface area contributed by atoms with E-state index in [4.69, 9.17) is 11.6 Å². The molecule has 0 radical (unpaired) electrons. The Balaban J connectivity index is 1.84. The number of halogens is 2. The van der Waals surface area contributed by atoms with E-state index in [9.17, 15) is 22.7 Å². The Bertz CT molecular complexity index is 1150. The molecule has 2 unspecified atom stereocenters. The Hall–Kier alpha value is -2.42. The van der Waals surface area contributed by atoms with Crippen molar-refractivity contribution in [3.8, 4) is 0 Å². The van der Waals surface area contributed by atoms with Gasteiger partial charge >= 0.3 is 0 Å². The lowest BCUT2D eigenvalue weighted by atomic mass is 9.98. The summed E-state index contributed by atoms with van der Waals surface area (Å²) in [6.45, 7) is 3.59. The number of carbonyl (C=O) groups excluding carboxylic acids is 1. The van der Waals surface area contributed by atoms with E-state index in [1.54, 1.807) is 26.0 Å². The zero-order chi connectivity index (χ0) is 23.7. The highest BCUT2D eigenvalue weighted by molar-refractivity contribution is 7.93. The standard InChI is InChI=1S/C23H26ClFN2O4S/c1-15(10-11-32(3,30)31)26-22(28)18-9-8-16(12-20(18)25)27-14-23(2,29)13-21(27)17-6-4-5-7-19(17)24/h4-12,15,21,29H,13-14H2,1-3H3,(H,26,28)/b11-10+/t15-,21?,23?/m1/s1. The smallest absolute Gasteiger partial charge is 0.254 e. The van der Waals surface area contributed by atoms with Gasteiger partial charge in [0.05, 0.1) is 17.2 Å². The van der Waals surface area contributed by atoms with E-state index in [1.165, 1.54) is 18.2 Å². The third-order valence-electron chi connectivity index (χ3n) is 5.29. The van der Waals surface area contributed by atoms with Crippen LogP contribution in [-0.2, 0) is 9.84 Å². The Morgan fingerprint density at radius 2 is 2.03 bits per heavy atom. The molecule has 9 heteroatoms. The van der Waals surface area contributed by atoms with E-state index >= 15 is 0 Å². The molecule has 6 nitrogen and oxygen atoms in total. The van der Waals surface area contributed by atoms with E-state index < -0.39 is 33.2 Å². The highest BCUT2D eigenvalue weighted by Gasteiger charge is 2.41. The molecule has 2 aromatic rings. The summed E-state index contributed by atoms with van der Waals surface area (Å²) in [6, 6.07) is 10.7. The van der Waals surface area contributed by atoms with Crippen molar-refractivity contribution in [3.63, 3.8) is 0 Å². The molecule has 0 aliphatic carbocycles. The van der Waals surface area contributed by atoms with Gasteiger partial charge in [-0.25, -0.2) is 12.8 Å². The fourth-order valence-electron chi connectivity index (χ4n) is 3.82. The van der Waals surface area contributed by atoms with Gasteiger partial charge in [-0.15, -0.1) is 0 Å². The van der Waals surface area contributed by atoms with Crippen LogP contribution in [0.1, 0.15) is 42.2 Å². The second kappa shape index (κ2) is 9.21. The molecule has 0 bridgehead atoms. The minimum Gasteiger partial charge on any atom is -0.388 e. The molecule has 1 aliphatic rings. The number of hydrogen-bond donors (Lipinski definition) is 2. The van der Waals surface area contributed by atoms with E-state index in [-0.39, 0.29) is 18.2 Å². The molecule has 3 rings (SSSR count). The van der Waals surface area contributed by atoms with Gasteiger partial charge in [-0.1, -0.05) is 35.9 Å². The summed E-state index contributed by atoms with van der Waals surface area (Å²) in [5.74, 6) is -1.38. The third kappa shape index (κ3) is 5.88. The quantitative estimate of drug-likeness (QED) is 0.655. The molecular weight excluding hydrogens is 455 g/mol. The Labute approximate surface area is 192 Å². The molecule has 1 fully saturated rings. The molecule has 172 valence electrons. The number of rotatable bonds is 6. The number of nitrogens with zero attached hydrogens (tertiary/aromatic N) is 1. The maximum atomic E-state index is 14.9. The highest BCUT2D eigenvalue weighted by Crippen LogP contribution is 2.43. The summed E-state index contributed by atoms with van der Waals surface area (Å²) in [7, 11) is -3.33. The molecule has 2 aromatic carbocycles. The van der Waals surface area contributed by atoms with Gasteiger partial charge < -0.3 is 15.3 Å². The molecule has 1 saturated heterocycles. The number of benzene rings is 2. The number of amides is 1. The molecule has 1 heterocycles. The molecule has 2 N–H and O–H groups in total. The Morgan fingerprint density at radius 3 is 2.66 bits per heavy atom. The molecule has 3 atom stereocenters. The minimum absolute atomic E-state index is 0.159. The first-order valence-corrected chi connectivity index (χ1v) is 12.4. The highest BCUT2D eigenvalue weighted by atomic mass is 35.5. The summed E-state index contributed by atoms with van der Waals surface area (Å²) < 4.78 is 37.3. The third-order valence-corrected chi connectivity index (χ3v) is 6.28.